The van der Waals surface area contributed by atoms with Gasteiger partial charge >= 0.3 is 5.97 Å². The molecule has 112 valence electrons. The van der Waals surface area contributed by atoms with Crippen LogP contribution in [0.5, 0.6) is 0 Å². The summed E-state index contributed by atoms with van der Waals surface area (Å²) in [6.07, 6.45) is 0.808. The van der Waals surface area contributed by atoms with Crippen molar-refractivity contribution in [2.45, 2.75) is 40.5 Å². The van der Waals surface area contributed by atoms with E-state index in [1.54, 1.807) is 6.92 Å². The van der Waals surface area contributed by atoms with E-state index < -0.39 is 0 Å². The second-order valence-corrected chi connectivity index (χ2v) is 5.22. The van der Waals surface area contributed by atoms with Crippen LogP contribution in [-0.4, -0.2) is 44.8 Å². The molecular weight excluding hydrogens is 248 g/mol. The van der Waals surface area contributed by atoms with Gasteiger partial charge in [-0.15, -0.1) is 0 Å². The van der Waals surface area contributed by atoms with Gasteiger partial charge in [0.25, 0.3) is 0 Å². The molecule has 0 bridgehead atoms. The first-order chi connectivity index (χ1) is 8.88. The van der Waals surface area contributed by atoms with Crippen molar-refractivity contribution >= 4 is 11.8 Å². The first-order valence-corrected chi connectivity index (χ1v) is 6.72. The lowest BCUT2D eigenvalue weighted by molar-refractivity contribution is -0.144. The third kappa shape index (κ3) is 10.7. The van der Waals surface area contributed by atoms with Crippen LogP contribution < -0.4 is 0 Å². The van der Waals surface area contributed by atoms with Crippen molar-refractivity contribution in [3.63, 3.8) is 0 Å². The molecule has 0 aliphatic carbocycles. The summed E-state index contributed by atoms with van der Waals surface area (Å²) in [5.41, 5.74) is -0.303. The Balaban J connectivity index is 3.28. The van der Waals surface area contributed by atoms with E-state index in [0.29, 0.717) is 39.3 Å². The first kappa shape index (κ1) is 18.1. The SMILES string of the molecule is CCC(=O)OCCOCCOCCC(=O)C(C)(C)C. The van der Waals surface area contributed by atoms with Crippen LogP contribution in [0.2, 0.25) is 0 Å². The summed E-state index contributed by atoms with van der Waals surface area (Å²) in [6, 6.07) is 0. The van der Waals surface area contributed by atoms with E-state index in [4.69, 9.17) is 14.2 Å². The Bertz CT molecular complexity index is 268. The summed E-state index contributed by atoms with van der Waals surface area (Å²) in [6.45, 7) is 9.39. The summed E-state index contributed by atoms with van der Waals surface area (Å²) in [5, 5.41) is 0. The topological polar surface area (TPSA) is 61.8 Å². The number of ether oxygens (including phenoxy) is 3. The molecule has 0 fully saturated rings. The van der Waals surface area contributed by atoms with Crippen LogP contribution in [0, 0.1) is 5.41 Å². The van der Waals surface area contributed by atoms with E-state index in [2.05, 4.69) is 0 Å². The second kappa shape index (κ2) is 9.92. The van der Waals surface area contributed by atoms with Gasteiger partial charge in [-0.1, -0.05) is 27.7 Å². The smallest absolute Gasteiger partial charge is 0.305 e. The molecule has 0 saturated carbocycles. The van der Waals surface area contributed by atoms with E-state index in [0.717, 1.165) is 0 Å². The maximum absolute atomic E-state index is 11.6. The fourth-order valence-corrected chi connectivity index (χ4v) is 1.18. The first-order valence-electron chi connectivity index (χ1n) is 6.72. The van der Waals surface area contributed by atoms with Gasteiger partial charge in [0.15, 0.2) is 0 Å². The van der Waals surface area contributed by atoms with Gasteiger partial charge in [-0.05, 0) is 0 Å². The number of esters is 1. The number of rotatable bonds is 10. The Labute approximate surface area is 115 Å². The van der Waals surface area contributed by atoms with Gasteiger partial charge in [-0.2, -0.15) is 0 Å². The summed E-state index contributed by atoms with van der Waals surface area (Å²) < 4.78 is 15.3. The van der Waals surface area contributed by atoms with Crippen LogP contribution in [0.25, 0.3) is 0 Å². The lowest BCUT2D eigenvalue weighted by Crippen LogP contribution is -2.22. The van der Waals surface area contributed by atoms with Gasteiger partial charge in [0.2, 0.25) is 0 Å². The van der Waals surface area contributed by atoms with Crippen molar-refractivity contribution in [2.75, 3.05) is 33.0 Å². The molecule has 0 aliphatic rings. The lowest BCUT2D eigenvalue weighted by Gasteiger charge is -2.16. The fourth-order valence-electron chi connectivity index (χ4n) is 1.18. The molecule has 0 amide bonds. The molecule has 0 rings (SSSR count). The molecule has 0 aliphatic heterocycles. The molecule has 0 saturated heterocycles. The Morgan fingerprint density at radius 2 is 1.42 bits per heavy atom. The van der Waals surface area contributed by atoms with Crippen molar-refractivity contribution < 1.29 is 23.8 Å². The van der Waals surface area contributed by atoms with Crippen LogP contribution in [-0.2, 0) is 23.8 Å². The third-order valence-electron chi connectivity index (χ3n) is 2.46. The molecule has 5 nitrogen and oxygen atoms in total. The molecule has 0 aromatic carbocycles. The van der Waals surface area contributed by atoms with Crippen molar-refractivity contribution in [1.82, 2.24) is 0 Å². The molecular formula is C14H26O5. The minimum absolute atomic E-state index is 0.194. The molecule has 5 heteroatoms. The Morgan fingerprint density at radius 1 is 0.895 bits per heavy atom. The normalized spacial score (nSPS) is 11.4. The van der Waals surface area contributed by atoms with E-state index in [9.17, 15) is 9.59 Å². The zero-order valence-electron chi connectivity index (χ0n) is 12.5. The van der Waals surface area contributed by atoms with Gasteiger partial charge in [-0.3, -0.25) is 9.59 Å². The number of carbonyl (C=O) groups excluding carboxylic acids is 2. The standard InChI is InChI=1S/C14H26O5/c1-5-13(16)19-11-10-18-9-8-17-7-6-12(15)14(2,3)4/h5-11H2,1-4H3. The van der Waals surface area contributed by atoms with E-state index in [1.807, 2.05) is 20.8 Å². The average molecular weight is 274 g/mol. The molecule has 0 unspecified atom stereocenters. The van der Waals surface area contributed by atoms with E-state index >= 15 is 0 Å². The van der Waals surface area contributed by atoms with Crippen LogP contribution in [0.3, 0.4) is 0 Å². The summed E-state index contributed by atoms with van der Waals surface area (Å²) in [5.74, 6) is -0.0274. The van der Waals surface area contributed by atoms with Gasteiger partial charge < -0.3 is 14.2 Å². The van der Waals surface area contributed by atoms with E-state index in [-0.39, 0.29) is 23.8 Å². The highest BCUT2D eigenvalue weighted by molar-refractivity contribution is 5.83. The van der Waals surface area contributed by atoms with Gasteiger partial charge in [0.05, 0.1) is 26.4 Å². The zero-order chi connectivity index (χ0) is 14.7. The number of carbonyl (C=O) groups is 2. The predicted octanol–water partition coefficient (Wildman–Crippen LogP) is 1.98. The zero-order valence-corrected chi connectivity index (χ0v) is 12.5. The minimum atomic E-state index is -0.303. The highest BCUT2D eigenvalue weighted by Gasteiger charge is 2.20. The van der Waals surface area contributed by atoms with Crippen LogP contribution in [0.15, 0.2) is 0 Å². The van der Waals surface area contributed by atoms with Crippen LogP contribution in [0.4, 0.5) is 0 Å². The molecule has 19 heavy (non-hydrogen) atoms. The van der Waals surface area contributed by atoms with Gasteiger partial charge in [-0.25, -0.2) is 0 Å². The number of ketones is 1. The average Bonchev–Trinajstić information content (AvgIpc) is 2.34. The fraction of sp³-hybridized carbons (Fsp3) is 0.857. The van der Waals surface area contributed by atoms with Crippen molar-refractivity contribution in [1.29, 1.82) is 0 Å². The molecule has 0 spiro atoms. The maximum atomic E-state index is 11.6. The Morgan fingerprint density at radius 3 is 1.95 bits per heavy atom. The maximum Gasteiger partial charge on any atom is 0.305 e. The number of hydrogen-bond acceptors (Lipinski definition) is 5. The second-order valence-electron chi connectivity index (χ2n) is 5.22. The molecule has 0 atom stereocenters. The Hall–Kier alpha value is -0.940. The lowest BCUT2D eigenvalue weighted by atomic mass is 9.89. The molecule has 0 radical (unpaired) electrons. The van der Waals surface area contributed by atoms with Crippen LogP contribution >= 0.6 is 0 Å². The third-order valence-corrected chi connectivity index (χ3v) is 2.46. The van der Waals surface area contributed by atoms with Gasteiger partial charge in [0.1, 0.15) is 12.4 Å². The van der Waals surface area contributed by atoms with Crippen molar-refractivity contribution in [3.8, 4) is 0 Å². The van der Waals surface area contributed by atoms with Gasteiger partial charge in [0, 0.05) is 18.3 Å². The molecule has 0 aromatic heterocycles. The van der Waals surface area contributed by atoms with E-state index in [1.165, 1.54) is 0 Å². The summed E-state index contributed by atoms with van der Waals surface area (Å²) in [4.78, 5) is 22.4. The predicted molar refractivity (Wildman–Crippen MR) is 72.0 cm³/mol. The highest BCUT2D eigenvalue weighted by atomic mass is 16.6. The highest BCUT2D eigenvalue weighted by Crippen LogP contribution is 2.16. The monoisotopic (exact) mass is 274 g/mol. The molecule has 0 aromatic rings. The largest absolute Gasteiger partial charge is 0.463 e. The molecule has 0 N–H and O–H groups in total. The number of Topliss-reactive ketones (excluding diaryl/α,β-unsaturated/α-hetero) is 1. The summed E-state index contributed by atoms with van der Waals surface area (Å²) in [7, 11) is 0. The van der Waals surface area contributed by atoms with Crippen molar-refractivity contribution in [2.24, 2.45) is 5.41 Å². The Kier molecular flexibility index (Phi) is 9.43. The van der Waals surface area contributed by atoms with Crippen molar-refractivity contribution in [3.05, 3.63) is 0 Å². The summed E-state index contributed by atoms with van der Waals surface area (Å²) >= 11 is 0. The number of hydrogen-bond donors (Lipinski definition) is 0. The quantitative estimate of drug-likeness (QED) is 0.450. The molecule has 0 heterocycles. The minimum Gasteiger partial charge on any atom is -0.463 e. The van der Waals surface area contributed by atoms with Crippen LogP contribution in [0.1, 0.15) is 40.5 Å².